The molecular weight excluding hydrogens is 480 g/mol. The van der Waals surface area contributed by atoms with Crippen molar-refractivity contribution in [3.05, 3.63) is 56.2 Å². The summed E-state index contributed by atoms with van der Waals surface area (Å²) in [6.07, 6.45) is -0.628. The molecular formula is C16H20Cl2IN3OS. The van der Waals surface area contributed by atoms with Gasteiger partial charge in [0.05, 0.1) is 10.9 Å². The van der Waals surface area contributed by atoms with Gasteiger partial charge in [-0.1, -0.05) is 41.4 Å². The van der Waals surface area contributed by atoms with E-state index in [-0.39, 0.29) is 24.0 Å². The SMILES string of the molecule is CCNC(=NCc1ccccc1Cl)NCC(O)c1ccc(Cl)s1.I. The summed E-state index contributed by atoms with van der Waals surface area (Å²) in [4.78, 5) is 5.32. The Bertz CT molecular complexity index is 666. The van der Waals surface area contributed by atoms with Crippen molar-refractivity contribution >= 4 is 64.5 Å². The number of nitrogens with one attached hydrogen (secondary N) is 2. The number of aliphatic hydroxyl groups excluding tert-OH is 1. The number of aliphatic imine (C=N–C) groups is 1. The minimum atomic E-state index is -0.628. The third-order valence-electron chi connectivity index (χ3n) is 3.09. The van der Waals surface area contributed by atoms with Gasteiger partial charge in [-0.3, -0.25) is 0 Å². The van der Waals surface area contributed by atoms with Crippen LogP contribution in [0.15, 0.2) is 41.4 Å². The average molecular weight is 500 g/mol. The Balaban J connectivity index is 0.00000288. The molecule has 0 fully saturated rings. The highest BCUT2D eigenvalue weighted by molar-refractivity contribution is 14.0. The molecule has 132 valence electrons. The predicted octanol–water partition coefficient (Wildman–Crippen LogP) is 4.46. The molecule has 0 aliphatic heterocycles. The quantitative estimate of drug-likeness (QED) is 0.312. The van der Waals surface area contributed by atoms with E-state index in [0.29, 0.717) is 28.4 Å². The highest BCUT2D eigenvalue weighted by Gasteiger charge is 2.11. The van der Waals surface area contributed by atoms with Crippen molar-refractivity contribution in [2.45, 2.75) is 19.6 Å². The fourth-order valence-corrected chi connectivity index (χ4v) is 3.18. The second-order valence-corrected chi connectivity index (χ2v) is 6.98. The molecule has 0 aliphatic rings. The predicted molar refractivity (Wildman–Crippen MR) is 114 cm³/mol. The van der Waals surface area contributed by atoms with E-state index in [2.05, 4.69) is 15.6 Å². The average Bonchev–Trinajstić information content (AvgIpc) is 2.98. The minimum Gasteiger partial charge on any atom is -0.386 e. The maximum atomic E-state index is 10.2. The molecule has 1 atom stereocenters. The Hall–Kier alpha value is -0.540. The molecule has 1 aromatic carbocycles. The first-order chi connectivity index (χ1) is 11.1. The second kappa shape index (κ2) is 11.1. The fourth-order valence-electron chi connectivity index (χ4n) is 1.93. The van der Waals surface area contributed by atoms with Crippen LogP contribution < -0.4 is 10.6 Å². The van der Waals surface area contributed by atoms with E-state index in [0.717, 1.165) is 17.0 Å². The molecule has 0 bridgehead atoms. The minimum absolute atomic E-state index is 0. The normalized spacial score (nSPS) is 12.4. The van der Waals surface area contributed by atoms with Crippen molar-refractivity contribution in [3.8, 4) is 0 Å². The highest BCUT2D eigenvalue weighted by Crippen LogP contribution is 2.26. The van der Waals surface area contributed by atoms with Gasteiger partial charge in [-0.15, -0.1) is 35.3 Å². The van der Waals surface area contributed by atoms with Crippen LogP contribution in [0.5, 0.6) is 0 Å². The van der Waals surface area contributed by atoms with Gasteiger partial charge in [0.2, 0.25) is 0 Å². The molecule has 0 saturated carbocycles. The molecule has 1 unspecified atom stereocenters. The van der Waals surface area contributed by atoms with Gasteiger partial charge in [0.1, 0.15) is 6.10 Å². The molecule has 24 heavy (non-hydrogen) atoms. The largest absolute Gasteiger partial charge is 0.386 e. The molecule has 1 heterocycles. The molecule has 0 aliphatic carbocycles. The van der Waals surface area contributed by atoms with Crippen LogP contribution in [0.3, 0.4) is 0 Å². The summed E-state index contributed by atoms with van der Waals surface area (Å²) in [6, 6.07) is 11.2. The number of hydrogen-bond acceptors (Lipinski definition) is 3. The van der Waals surface area contributed by atoms with E-state index < -0.39 is 6.10 Å². The Labute approximate surface area is 173 Å². The number of hydrogen-bond donors (Lipinski definition) is 3. The first-order valence-corrected chi connectivity index (χ1v) is 8.86. The van der Waals surface area contributed by atoms with Gasteiger partial charge in [-0.25, -0.2) is 4.99 Å². The summed E-state index contributed by atoms with van der Waals surface area (Å²) in [5.74, 6) is 0.633. The van der Waals surface area contributed by atoms with E-state index in [1.54, 1.807) is 6.07 Å². The maximum Gasteiger partial charge on any atom is 0.191 e. The molecule has 2 aromatic rings. The van der Waals surface area contributed by atoms with Crippen LogP contribution in [0.4, 0.5) is 0 Å². The van der Waals surface area contributed by atoms with Crippen LogP contribution in [-0.4, -0.2) is 24.2 Å². The Kier molecular flexibility index (Phi) is 9.99. The highest BCUT2D eigenvalue weighted by atomic mass is 127. The maximum absolute atomic E-state index is 10.2. The van der Waals surface area contributed by atoms with E-state index in [1.807, 2.05) is 37.3 Å². The lowest BCUT2D eigenvalue weighted by molar-refractivity contribution is 0.184. The van der Waals surface area contributed by atoms with Crippen molar-refractivity contribution in [2.24, 2.45) is 4.99 Å². The summed E-state index contributed by atoms with van der Waals surface area (Å²) in [5.41, 5.74) is 0.956. The van der Waals surface area contributed by atoms with Crippen molar-refractivity contribution < 1.29 is 5.11 Å². The zero-order valence-corrected chi connectivity index (χ0v) is 17.8. The molecule has 2 rings (SSSR count). The van der Waals surface area contributed by atoms with Crippen LogP contribution >= 0.6 is 58.5 Å². The standard InChI is InChI=1S/C16H19Cl2N3OS.HI/c1-2-19-16(20-9-11-5-3-4-6-12(11)17)21-10-13(22)14-7-8-15(18)23-14;/h3-8,13,22H,2,9-10H2,1H3,(H2,19,20,21);1H. The van der Waals surface area contributed by atoms with Crippen molar-refractivity contribution in [1.29, 1.82) is 0 Å². The zero-order valence-electron chi connectivity index (χ0n) is 13.1. The lowest BCUT2D eigenvalue weighted by Crippen LogP contribution is -2.39. The monoisotopic (exact) mass is 499 g/mol. The fraction of sp³-hybridized carbons (Fsp3) is 0.312. The topological polar surface area (TPSA) is 56.7 Å². The number of aliphatic hydroxyl groups is 1. The van der Waals surface area contributed by atoms with Gasteiger partial charge < -0.3 is 15.7 Å². The summed E-state index contributed by atoms with van der Waals surface area (Å²) in [6.45, 7) is 3.54. The molecule has 0 radical (unpaired) electrons. The van der Waals surface area contributed by atoms with Crippen LogP contribution in [0.2, 0.25) is 9.36 Å². The van der Waals surface area contributed by atoms with Crippen molar-refractivity contribution in [2.75, 3.05) is 13.1 Å². The third kappa shape index (κ3) is 6.76. The molecule has 0 spiro atoms. The lowest BCUT2D eigenvalue weighted by Gasteiger charge is -2.14. The Morgan fingerprint density at radius 2 is 1.96 bits per heavy atom. The Morgan fingerprint density at radius 1 is 1.21 bits per heavy atom. The summed E-state index contributed by atoms with van der Waals surface area (Å²) in [5, 5.41) is 17.1. The number of rotatable bonds is 6. The number of halogens is 3. The van der Waals surface area contributed by atoms with E-state index in [4.69, 9.17) is 23.2 Å². The number of thiophene rings is 1. The second-order valence-electron chi connectivity index (χ2n) is 4.83. The van der Waals surface area contributed by atoms with Gasteiger partial charge in [0, 0.05) is 23.0 Å². The van der Waals surface area contributed by atoms with Gasteiger partial charge >= 0.3 is 0 Å². The van der Waals surface area contributed by atoms with Crippen LogP contribution in [0.25, 0.3) is 0 Å². The van der Waals surface area contributed by atoms with Crippen molar-refractivity contribution in [3.63, 3.8) is 0 Å². The first kappa shape index (κ1) is 21.5. The first-order valence-electron chi connectivity index (χ1n) is 7.29. The van der Waals surface area contributed by atoms with Gasteiger partial charge in [-0.2, -0.15) is 0 Å². The number of benzene rings is 1. The van der Waals surface area contributed by atoms with E-state index in [9.17, 15) is 5.11 Å². The Morgan fingerprint density at radius 3 is 2.58 bits per heavy atom. The van der Waals surface area contributed by atoms with Crippen LogP contribution in [-0.2, 0) is 6.54 Å². The van der Waals surface area contributed by atoms with Crippen LogP contribution in [0, 0.1) is 0 Å². The van der Waals surface area contributed by atoms with E-state index >= 15 is 0 Å². The van der Waals surface area contributed by atoms with Gasteiger partial charge in [-0.05, 0) is 30.7 Å². The summed E-state index contributed by atoms with van der Waals surface area (Å²) in [7, 11) is 0. The van der Waals surface area contributed by atoms with Crippen LogP contribution in [0.1, 0.15) is 23.5 Å². The van der Waals surface area contributed by atoms with Crippen molar-refractivity contribution in [1.82, 2.24) is 10.6 Å². The molecule has 4 nitrogen and oxygen atoms in total. The third-order valence-corrected chi connectivity index (χ3v) is 4.80. The number of guanidine groups is 1. The zero-order chi connectivity index (χ0) is 16.7. The van der Waals surface area contributed by atoms with Gasteiger partial charge in [0.15, 0.2) is 5.96 Å². The molecule has 3 N–H and O–H groups in total. The summed E-state index contributed by atoms with van der Waals surface area (Å²) < 4.78 is 0.665. The number of nitrogens with zero attached hydrogens (tertiary/aromatic N) is 1. The van der Waals surface area contributed by atoms with E-state index in [1.165, 1.54) is 11.3 Å². The molecule has 0 amide bonds. The molecule has 1 aromatic heterocycles. The van der Waals surface area contributed by atoms with Gasteiger partial charge in [0.25, 0.3) is 0 Å². The lowest BCUT2D eigenvalue weighted by atomic mass is 10.2. The molecule has 8 heteroatoms. The summed E-state index contributed by atoms with van der Waals surface area (Å²) >= 11 is 13.4. The smallest absolute Gasteiger partial charge is 0.191 e. The molecule has 0 saturated heterocycles.